The van der Waals surface area contributed by atoms with Crippen molar-refractivity contribution in [3.05, 3.63) is 78.7 Å². The Kier molecular flexibility index (Phi) is 6.10. The number of methoxy groups -OCH3 is 1. The minimum atomic E-state index is -1.09. The smallest absolute Gasteiger partial charge is 0.345 e. The zero-order chi connectivity index (χ0) is 26.6. The molecule has 1 saturated heterocycles. The predicted octanol–water partition coefficient (Wildman–Crippen LogP) is 2.17. The lowest BCUT2D eigenvalue weighted by atomic mass is 9.81. The first-order chi connectivity index (χ1) is 17.7. The van der Waals surface area contributed by atoms with E-state index in [1.807, 2.05) is 0 Å². The number of carbonyl (C=O) groups excluding carboxylic acids is 2. The first-order valence-electron chi connectivity index (χ1n) is 11.6. The zero-order valence-electron chi connectivity index (χ0n) is 19.9. The highest BCUT2D eigenvalue weighted by Crippen LogP contribution is 2.41. The number of halogens is 2. The fourth-order valence-electron chi connectivity index (χ4n) is 5.14. The number of para-hydroxylation sites is 2. The summed E-state index contributed by atoms with van der Waals surface area (Å²) in [6.07, 6.45) is 2.63. The number of hydrogen-bond donors (Lipinski definition) is 0. The summed E-state index contributed by atoms with van der Waals surface area (Å²) in [5.41, 5.74) is -3.71. The van der Waals surface area contributed by atoms with Crippen molar-refractivity contribution < 1.29 is 18.7 Å². The van der Waals surface area contributed by atoms with Crippen LogP contribution in [0.5, 0.6) is 5.75 Å². The first kappa shape index (κ1) is 24.7. The van der Waals surface area contributed by atoms with Gasteiger partial charge in [-0.15, -0.1) is 0 Å². The quantitative estimate of drug-likeness (QED) is 0.480. The van der Waals surface area contributed by atoms with E-state index in [2.05, 4.69) is 0 Å². The third-order valence-electron chi connectivity index (χ3n) is 7.00. The van der Waals surface area contributed by atoms with E-state index in [1.54, 1.807) is 12.1 Å². The van der Waals surface area contributed by atoms with Crippen molar-refractivity contribution in [2.45, 2.75) is 25.7 Å². The summed E-state index contributed by atoms with van der Waals surface area (Å²) in [4.78, 5) is 66.7. The van der Waals surface area contributed by atoms with Crippen molar-refractivity contribution in [1.29, 1.82) is 0 Å². The molecule has 5 rings (SSSR count). The maximum Gasteiger partial charge on any atom is 0.345 e. The number of carbonyl (C=O) groups is 2. The van der Waals surface area contributed by atoms with Gasteiger partial charge in [0.05, 0.1) is 41.0 Å². The van der Waals surface area contributed by atoms with Crippen LogP contribution in [0.1, 0.15) is 25.7 Å². The van der Waals surface area contributed by atoms with Crippen LogP contribution >= 0.6 is 11.6 Å². The molecule has 0 radical (unpaired) electrons. The highest BCUT2D eigenvalue weighted by atomic mass is 35.5. The van der Waals surface area contributed by atoms with Crippen LogP contribution in [-0.4, -0.2) is 32.6 Å². The van der Waals surface area contributed by atoms with Crippen LogP contribution in [0.3, 0.4) is 0 Å². The fourth-order valence-corrected chi connectivity index (χ4v) is 5.38. The molecule has 0 spiro atoms. The number of nitrogens with zero attached hydrogens (tertiary/aromatic N) is 4. The summed E-state index contributed by atoms with van der Waals surface area (Å²) in [5.74, 6) is -2.90. The third-order valence-corrected chi connectivity index (χ3v) is 7.31. The number of aromatic nitrogens is 3. The van der Waals surface area contributed by atoms with Gasteiger partial charge in [-0.05, 0) is 37.1 Å². The molecule has 12 heteroatoms. The summed E-state index contributed by atoms with van der Waals surface area (Å²) in [6, 6.07) is 8.05. The fraction of sp³-hybridized carbons (Fsp3) is 0.320. The van der Waals surface area contributed by atoms with Gasteiger partial charge < -0.3 is 4.74 Å². The zero-order valence-corrected chi connectivity index (χ0v) is 20.7. The van der Waals surface area contributed by atoms with E-state index in [1.165, 1.54) is 26.3 Å². The molecule has 1 saturated carbocycles. The van der Waals surface area contributed by atoms with Crippen molar-refractivity contribution in [1.82, 2.24) is 13.7 Å². The molecule has 1 aromatic heterocycles. The van der Waals surface area contributed by atoms with Crippen molar-refractivity contribution in [3.63, 3.8) is 0 Å². The molecule has 0 bridgehead atoms. The Morgan fingerprint density at radius 2 is 1.41 bits per heavy atom. The second kappa shape index (κ2) is 9.15. The summed E-state index contributed by atoms with van der Waals surface area (Å²) < 4.78 is 22.4. The Labute approximate surface area is 214 Å². The number of benzene rings is 2. The Morgan fingerprint density at radius 1 is 0.838 bits per heavy atom. The van der Waals surface area contributed by atoms with Gasteiger partial charge in [0.2, 0.25) is 11.8 Å². The standard InChI is InChI=1S/C25H22ClFN4O6/c1-28-23(34)30(17-9-5-6-10-20(17)37-2)25(36)31(24(28)35)18-12-19(16(27)11-15(18)26)29-21(32)13-7-3-4-8-14(13)22(29)33/h5-6,9-14H,3-4,7-8H2,1-2H3. The van der Waals surface area contributed by atoms with E-state index in [0.717, 1.165) is 34.4 Å². The van der Waals surface area contributed by atoms with Gasteiger partial charge in [0.1, 0.15) is 11.6 Å². The Balaban J connectivity index is 1.75. The van der Waals surface area contributed by atoms with Crippen molar-refractivity contribution in [2.75, 3.05) is 12.0 Å². The molecule has 10 nitrogen and oxygen atoms in total. The number of amides is 2. The first-order valence-corrected chi connectivity index (χ1v) is 12.0. The largest absolute Gasteiger partial charge is 0.495 e. The molecule has 2 unspecified atom stereocenters. The summed E-state index contributed by atoms with van der Waals surface area (Å²) >= 11 is 6.28. The van der Waals surface area contributed by atoms with Gasteiger partial charge in [0.25, 0.3) is 0 Å². The summed E-state index contributed by atoms with van der Waals surface area (Å²) in [6.45, 7) is 0. The Morgan fingerprint density at radius 3 is 2.00 bits per heavy atom. The van der Waals surface area contributed by atoms with E-state index in [4.69, 9.17) is 16.3 Å². The van der Waals surface area contributed by atoms with E-state index in [9.17, 15) is 24.0 Å². The molecule has 2 aromatic carbocycles. The molecule has 192 valence electrons. The number of rotatable bonds is 4. The van der Waals surface area contributed by atoms with Crippen LogP contribution in [0.4, 0.5) is 10.1 Å². The molecule has 1 aliphatic carbocycles. The molecule has 2 atom stereocenters. The molecular formula is C25H22ClFN4O6. The number of hydrogen-bond acceptors (Lipinski definition) is 6. The van der Waals surface area contributed by atoms with Crippen molar-refractivity contribution in [2.24, 2.45) is 18.9 Å². The summed E-state index contributed by atoms with van der Waals surface area (Å²) in [5, 5.41) is -0.331. The van der Waals surface area contributed by atoms with Crippen LogP contribution in [0.25, 0.3) is 11.4 Å². The van der Waals surface area contributed by atoms with E-state index in [0.29, 0.717) is 22.0 Å². The second-order valence-electron chi connectivity index (χ2n) is 9.01. The van der Waals surface area contributed by atoms with Crippen molar-refractivity contribution >= 4 is 29.1 Å². The molecule has 0 N–H and O–H groups in total. The molecule has 2 amide bonds. The molecule has 2 heterocycles. The number of fused-ring (bicyclic) bond motifs is 1. The number of anilines is 1. The van der Waals surface area contributed by atoms with Gasteiger partial charge in [0, 0.05) is 7.05 Å². The Bertz CT molecular complexity index is 1620. The van der Waals surface area contributed by atoms with Crippen LogP contribution in [0.2, 0.25) is 5.02 Å². The highest BCUT2D eigenvalue weighted by molar-refractivity contribution is 6.32. The van der Waals surface area contributed by atoms with E-state index < -0.39 is 52.2 Å². The molecule has 2 aliphatic rings. The lowest BCUT2D eigenvalue weighted by Crippen LogP contribution is -2.52. The second-order valence-corrected chi connectivity index (χ2v) is 9.42. The lowest BCUT2D eigenvalue weighted by molar-refractivity contribution is -0.122. The van der Waals surface area contributed by atoms with Crippen LogP contribution < -0.4 is 26.7 Å². The normalized spacial score (nSPS) is 19.3. The van der Waals surface area contributed by atoms with E-state index >= 15 is 4.39 Å². The van der Waals surface area contributed by atoms with Gasteiger partial charge in [-0.25, -0.2) is 37.4 Å². The number of imide groups is 1. The SMILES string of the molecule is COc1ccccc1-n1c(=O)n(C)c(=O)n(-c2cc(N3C(=O)C4CCCCC4C3=O)c(F)cc2Cl)c1=O. The molecule has 3 aromatic rings. The minimum Gasteiger partial charge on any atom is -0.495 e. The van der Waals surface area contributed by atoms with E-state index in [-0.39, 0.29) is 22.1 Å². The monoisotopic (exact) mass is 528 g/mol. The average molecular weight is 529 g/mol. The lowest BCUT2D eigenvalue weighted by Gasteiger charge is -2.19. The Hall–Kier alpha value is -3.99. The molecule has 37 heavy (non-hydrogen) atoms. The number of ether oxygens (including phenoxy) is 1. The molecule has 1 aliphatic heterocycles. The highest BCUT2D eigenvalue weighted by Gasteiger charge is 2.49. The molecular weight excluding hydrogens is 507 g/mol. The van der Waals surface area contributed by atoms with Gasteiger partial charge in [-0.2, -0.15) is 0 Å². The van der Waals surface area contributed by atoms with Gasteiger partial charge in [-0.3, -0.25) is 9.59 Å². The summed E-state index contributed by atoms with van der Waals surface area (Å²) in [7, 11) is 2.53. The maximum atomic E-state index is 15.1. The van der Waals surface area contributed by atoms with Crippen molar-refractivity contribution in [3.8, 4) is 17.1 Å². The third kappa shape index (κ3) is 3.72. The van der Waals surface area contributed by atoms with Crippen LogP contribution in [0.15, 0.2) is 50.8 Å². The van der Waals surface area contributed by atoms with Crippen LogP contribution in [-0.2, 0) is 16.6 Å². The van der Waals surface area contributed by atoms with Gasteiger partial charge >= 0.3 is 17.1 Å². The van der Waals surface area contributed by atoms with Gasteiger partial charge in [-0.1, -0.05) is 36.6 Å². The average Bonchev–Trinajstić information content (AvgIpc) is 3.14. The maximum absolute atomic E-state index is 15.1. The predicted molar refractivity (Wildman–Crippen MR) is 132 cm³/mol. The van der Waals surface area contributed by atoms with Crippen LogP contribution in [0, 0.1) is 17.7 Å². The topological polar surface area (TPSA) is 113 Å². The minimum absolute atomic E-state index is 0.0665. The van der Waals surface area contributed by atoms with Gasteiger partial charge in [0.15, 0.2) is 0 Å². The molecule has 2 fully saturated rings.